The summed E-state index contributed by atoms with van der Waals surface area (Å²) in [6, 6.07) is 0. The Morgan fingerprint density at radius 3 is 2.31 bits per heavy atom. The van der Waals surface area contributed by atoms with Crippen LogP contribution in [-0.2, 0) is 0 Å². The van der Waals surface area contributed by atoms with Crippen molar-refractivity contribution in [1.29, 1.82) is 0 Å². The Morgan fingerprint density at radius 1 is 1.25 bits per heavy atom. The molecule has 1 saturated heterocycles. The average Bonchev–Trinajstić information content (AvgIpc) is 3.13. The minimum atomic E-state index is -0.0272. The van der Waals surface area contributed by atoms with Crippen LogP contribution >= 0.6 is 0 Å². The first-order chi connectivity index (χ1) is 7.70. The van der Waals surface area contributed by atoms with Gasteiger partial charge in [-0.05, 0) is 57.7 Å². The van der Waals surface area contributed by atoms with Gasteiger partial charge < -0.3 is 15.3 Å². The highest BCUT2D eigenvalue weighted by molar-refractivity contribution is 5.02. The molecule has 1 aliphatic heterocycles. The van der Waals surface area contributed by atoms with E-state index in [1.165, 1.54) is 38.8 Å². The minimum absolute atomic E-state index is 0.0272. The second-order valence-corrected chi connectivity index (χ2v) is 5.80. The van der Waals surface area contributed by atoms with Gasteiger partial charge in [-0.15, -0.1) is 0 Å². The third kappa shape index (κ3) is 2.58. The topological polar surface area (TPSA) is 35.5 Å². The van der Waals surface area contributed by atoms with E-state index in [0.717, 1.165) is 12.5 Å². The molecule has 2 N–H and O–H groups in total. The summed E-state index contributed by atoms with van der Waals surface area (Å²) < 4.78 is 0. The second-order valence-electron chi connectivity index (χ2n) is 5.80. The van der Waals surface area contributed by atoms with Crippen LogP contribution in [0.3, 0.4) is 0 Å². The van der Waals surface area contributed by atoms with Gasteiger partial charge in [0.2, 0.25) is 0 Å². The molecule has 94 valence electrons. The lowest BCUT2D eigenvalue weighted by Gasteiger charge is -2.40. The van der Waals surface area contributed by atoms with Crippen molar-refractivity contribution in [1.82, 2.24) is 10.2 Å². The van der Waals surface area contributed by atoms with Crippen molar-refractivity contribution in [3.05, 3.63) is 0 Å². The number of hydrogen-bond donors (Lipinski definition) is 2. The number of nitrogens with zero attached hydrogens (tertiary/aromatic N) is 1. The molecule has 0 radical (unpaired) electrons. The van der Waals surface area contributed by atoms with Crippen LogP contribution in [0.5, 0.6) is 0 Å². The summed E-state index contributed by atoms with van der Waals surface area (Å²) in [6.45, 7) is 6.06. The lowest BCUT2D eigenvalue weighted by atomic mass is 9.91. The zero-order chi connectivity index (χ0) is 11.6. The summed E-state index contributed by atoms with van der Waals surface area (Å²) in [6.07, 6.45) is 5.20. The van der Waals surface area contributed by atoms with Gasteiger partial charge in [-0.25, -0.2) is 0 Å². The predicted octanol–water partition coefficient (Wildman–Crippen LogP) is 1.08. The summed E-state index contributed by atoms with van der Waals surface area (Å²) in [4.78, 5) is 2.53. The molecule has 1 heterocycles. The number of likely N-dealkylation sites (tertiary alicyclic amines) is 1. The summed E-state index contributed by atoms with van der Waals surface area (Å²) in [7, 11) is 2.00. The number of aliphatic hydroxyl groups is 1. The maximum Gasteiger partial charge on any atom is 0.0628 e. The molecule has 0 aromatic carbocycles. The molecular formula is C13H26N2O. The van der Waals surface area contributed by atoms with E-state index in [-0.39, 0.29) is 12.1 Å². The molecule has 2 rings (SSSR count). The molecular weight excluding hydrogens is 200 g/mol. The first-order valence-electron chi connectivity index (χ1n) is 6.72. The number of aliphatic hydroxyl groups excluding tert-OH is 1. The number of rotatable bonds is 5. The fourth-order valence-electron chi connectivity index (χ4n) is 2.93. The lowest BCUT2D eigenvalue weighted by Crippen LogP contribution is -2.57. The molecule has 0 aromatic rings. The van der Waals surface area contributed by atoms with E-state index in [4.69, 9.17) is 0 Å². The van der Waals surface area contributed by atoms with Crippen molar-refractivity contribution < 1.29 is 5.11 Å². The van der Waals surface area contributed by atoms with Crippen LogP contribution in [-0.4, -0.2) is 48.8 Å². The number of piperidine rings is 1. The zero-order valence-electron chi connectivity index (χ0n) is 10.7. The third-order valence-electron chi connectivity index (χ3n) is 4.52. The largest absolute Gasteiger partial charge is 0.394 e. The quantitative estimate of drug-likeness (QED) is 0.736. The van der Waals surface area contributed by atoms with Gasteiger partial charge in [0, 0.05) is 6.54 Å². The lowest BCUT2D eigenvalue weighted by molar-refractivity contribution is 0.0795. The third-order valence-corrected chi connectivity index (χ3v) is 4.52. The summed E-state index contributed by atoms with van der Waals surface area (Å²) in [5.74, 6) is 1.58. The second kappa shape index (κ2) is 5.03. The van der Waals surface area contributed by atoms with Crippen molar-refractivity contribution in [2.45, 2.75) is 38.1 Å². The van der Waals surface area contributed by atoms with E-state index in [9.17, 15) is 5.11 Å². The van der Waals surface area contributed by atoms with Crippen LogP contribution in [0, 0.1) is 11.8 Å². The van der Waals surface area contributed by atoms with Crippen molar-refractivity contribution in [3.8, 4) is 0 Å². The molecule has 3 nitrogen and oxygen atoms in total. The molecule has 3 heteroatoms. The predicted molar refractivity (Wildman–Crippen MR) is 66.4 cm³/mol. The fourth-order valence-corrected chi connectivity index (χ4v) is 2.93. The Morgan fingerprint density at radius 2 is 1.88 bits per heavy atom. The van der Waals surface area contributed by atoms with Crippen molar-refractivity contribution in [3.63, 3.8) is 0 Å². The molecule has 0 aromatic heterocycles. The summed E-state index contributed by atoms with van der Waals surface area (Å²) in [5, 5.41) is 13.1. The van der Waals surface area contributed by atoms with E-state index >= 15 is 0 Å². The highest BCUT2D eigenvalue weighted by atomic mass is 16.3. The van der Waals surface area contributed by atoms with Gasteiger partial charge >= 0.3 is 0 Å². The molecule has 1 atom stereocenters. The molecule has 1 saturated carbocycles. The standard InChI is InChI=1S/C13H26N2O/c1-11-5-7-15(8-6-11)9-13(10-16,14-2)12-3-4-12/h11-12,14,16H,3-10H2,1-2H3. The van der Waals surface area contributed by atoms with Crippen molar-refractivity contribution >= 4 is 0 Å². The normalized spacial score (nSPS) is 27.9. The first kappa shape index (κ1) is 12.3. The summed E-state index contributed by atoms with van der Waals surface area (Å²) in [5.41, 5.74) is -0.0272. The Bertz CT molecular complexity index is 216. The SMILES string of the molecule is CNC(CO)(CN1CCC(C)CC1)C1CC1. The van der Waals surface area contributed by atoms with E-state index in [1.807, 2.05) is 7.05 Å². The molecule has 2 aliphatic rings. The molecule has 0 amide bonds. The molecule has 1 aliphatic carbocycles. The number of nitrogens with one attached hydrogen (secondary N) is 1. The molecule has 0 spiro atoms. The van der Waals surface area contributed by atoms with E-state index in [0.29, 0.717) is 5.92 Å². The number of hydrogen-bond acceptors (Lipinski definition) is 3. The molecule has 0 bridgehead atoms. The van der Waals surface area contributed by atoms with Crippen LogP contribution < -0.4 is 5.32 Å². The van der Waals surface area contributed by atoms with E-state index in [2.05, 4.69) is 17.1 Å². The van der Waals surface area contributed by atoms with Gasteiger partial charge in [-0.2, -0.15) is 0 Å². The van der Waals surface area contributed by atoms with Gasteiger partial charge in [0.25, 0.3) is 0 Å². The van der Waals surface area contributed by atoms with Crippen molar-refractivity contribution in [2.75, 3.05) is 33.3 Å². The zero-order valence-corrected chi connectivity index (χ0v) is 10.7. The van der Waals surface area contributed by atoms with Gasteiger partial charge in [-0.3, -0.25) is 0 Å². The van der Waals surface area contributed by atoms with E-state index < -0.39 is 0 Å². The van der Waals surface area contributed by atoms with Crippen molar-refractivity contribution in [2.24, 2.45) is 11.8 Å². The highest BCUT2D eigenvalue weighted by Gasteiger charge is 2.44. The molecule has 1 unspecified atom stereocenters. The van der Waals surface area contributed by atoms with Gasteiger partial charge in [0.1, 0.15) is 0 Å². The summed E-state index contributed by atoms with van der Waals surface area (Å²) >= 11 is 0. The Labute approximate surface area is 99.2 Å². The average molecular weight is 226 g/mol. The van der Waals surface area contributed by atoms with Crippen LogP contribution in [0.15, 0.2) is 0 Å². The monoisotopic (exact) mass is 226 g/mol. The molecule has 2 fully saturated rings. The first-order valence-corrected chi connectivity index (χ1v) is 6.72. The van der Waals surface area contributed by atoms with Gasteiger partial charge in [0.15, 0.2) is 0 Å². The van der Waals surface area contributed by atoms with Crippen LogP contribution in [0.25, 0.3) is 0 Å². The molecule has 16 heavy (non-hydrogen) atoms. The van der Waals surface area contributed by atoms with E-state index in [1.54, 1.807) is 0 Å². The smallest absolute Gasteiger partial charge is 0.0628 e. The fraction of sp³-hybridized carbons (Fsp3) is 1.00. The Kier molecular flexibility index (Phi) is 3.88. The van der Waals surface area contributed by atoms with Crippen LogP contribution in [0.1, 0.15) is 32.6 Å². The Balaban J connectivity index is 1.90. The maximum absolute atomic E-state index is 9.68. The minimum Gasteiger partial charge on any atom is -0.394 e. The maximum atomic E-state index is 9.68. The van der Waals surface area contributed by atoms with Crippen LogP contribution in [0.2, 0.25) is 0 Å². The van der Waals surface area contributed by atoms with Gasteiger partial charge in [0.05, 0.1) is 12.1 Å². The number of likely N-dealkylation sites (N-methyl/N-ethyl adjacent to an activating group) is 1. The highest BCUT2D eigenvalue weighted by Crippen LogP contribution is 2.40. The Hall–Kier alpha value is -0.120. The van der Waals surface area contributed by atoms with Gasteiger partial charge in [-0.1, -0.05) is 6.92 Å². The van der Waals surface area contributed by atoms with Crippen LogP contribution in [0.4, 0.5) is 0 Å².